The Bertz CT molecular complexity index is 1270. The molecule has 0 aliphatic carbocycles. The van der Waals surface area contributed by atoms with Gasteiger partial charge in [-0.3, -0.25) is 9.59 Å². The molecule has 4 rings (SSSR count). The first-order valence-electron chi connectivity index (χ1n) is 11.9. The molecule has 1 aromatic heterocycles. The lowest BCUT2D eigenvalue weighted by Gasteiger charge is -2.32. The molecule has 182 valence electrons. The molecule has 2 N–H and O–H groups in total. The number of oxime groups is 1. The van der Waals surface area contributed by atoms with Crippen molar-refractivity contribution in [1.29, 1.82) is 0 Å². The van der Waals surface area contributed by atoms with Crippen molar-refractivity contribution in [2.45, 2.75) is 32.1 Å². The van der Waals surface area contributed by atoms with Gasteiger partial charge in [0.1, 0.15) is 0 Å². The summed E-state index contributed by atoms with van der Waals surface area (Å²) in [5, 5.41) is 22.7. The number of rotatable bonds is 7. The molecule has 2 aromatic carbocycles. The molecule has 7 nitrogen and oxygen atoms in total. The number of hydrogen-bond donors (Lipinski definition) is 2. The van der Waals surface area contributed by atoms with Crippen LogP contribution in [-0.4, -0.2) is 39.7 Å². The second-order valence-electron chi connectivity index (χ2n) is 9.22. The zero-order chi connectivity index (χ0) is 24.9. The zero-order valence-corrected chi connectivity index (χ0v) is 20.1. The number of aryl methyl sites for hydroxylation is 2. The molecule has 35 heavy (non-hydrogen) atoms. The van der Waals surface area contributed by atoms with Gasteiger partial charge in [-0.15, -0.1) is 0 Å². The van der Waals surface area contributed by atoms with Crippen molar-refractivity contribution in [2.75, 3.05) is 18.0 Å². The Morgan fingerprint density at radius 1 is 1.06 bits per heavy atom. The summed E-state index contributed by atoms with van der Waals surface area (Å²) in [4.78, 5) is 25.3. The topological polar surface area (TPSA) is 95.1 Å². The SMILES string of the molecule is Cc1ccccc1[C@H](CC(=NO)c1ccc(=O)n(C)c1)c1ccc(N2CCC(C(=O)O)CC2)cc1. The van der Waals surface area contributed by atoms with Gasteiger partial charge in [-0.05, 0) is 54.7 Å². The van der Waals surface area contributed by atoms with Crippen LogP contribution in [0.4, 0.5) is 5.69 Å². The predicted octanol–water partition coefficient (Wildman–Crippen LogP) is 4.40. The lowest BCUT2D eigenvalue weighted by atomic mass is 9.83. The zero-order valence-electron chi connectivity index (χ0n) is 20.1. The second kappa shape index (κ2) is 10.6. The number of benzene rings is 2. The third-order valence-electron chi connectivity index (χ3n) is 7.01. The number of aromatic nitrogens is 1. The average Bonchev–Trinajstić information content (AvgIpc) is 2.87. The number of piperidine rings is 1. The Morgan fingerprint density at radius 3 is 2.34 bits per heavy atom. The molecule has 0 amide bonds. The number of anilines is 1. The Balaban J connectivity index is 1.62. The molecule has 1 atom stereocenters. The van der Waals surface area contributed by atoms with E-state index in [1.54, 1.807) is 19.3 Å². The molecule has 1 fully saturated rings. The van der Waals surface area contributed by atoms with Crippen LogP contribution in [0.5, 0.6) is 0 Å². The predicted molar refractivity (Wildman–Crippen MR) is 137 cm³/mol. The largest absolute Gasteiger partial charge is 0.481 e. The fourth-order valence-electron chi connectivity index (χ4n) is 4.86. The maximum Gasteiger partial charge on any atom is 0.306 e. The van der Waals surface area contributed by atoms with Gasteiger partial charge in [-0.2, -0.15) is 0 Å². The van der Waals surface area contributed by atoms with Gasteiger partial charge in [-0.25, -0.2) is 0 Å². The third-order valence-corrected chi connectivity index (χ3v) is 7.01. The fraction of sp³-hybridized carbons (Fsp3) is 0.321. The van der Waals surface area contributed by atoms with E-state index in [2.05, 4.69) is 53.4 Å². The maximum absolute atomic E-state index is 11.8. The Kier molecular flexibility index (Phi) is 7.34. The van der Waals surface area contributed by atoms with Crippen molar-refractivity contribution in [2.24, 2.45) is 18.1 Å². The highest BCUT2D eigenvalue weighted by Crippen LogP contribution is 2.33. The standard InChI is InChI=1S/C28H31N3O4/c1-19-5-3-4-6-24(19)25(17-26(29-35)22-9-12-27(32)30(2)18-22)20-7-10-23(11-8-20)31-15-13-21(14-16-31)28(33)34/h3-12,18,21,25,35H,13-17H2,1-2H3,(H,33,34)/t25-/m1/s1. The van der Waals surface area contributed by atoms with Crippen molar-refractivity contribution in [3.05, 3.63) is 99.5 Å². The third kappa shape index (κ3) is 5.45. The van der Waals surface area contributed by atoms with E-state index >= 15 is 0 Å². The maximum atomic E-state index is 11.8. The molecule has 0 radical (unpaired) electrons. The lowest BCUT2D eigenvalue weighted by Crippen LogP contribution is -2.36. The fourth-order valence-corrected chi connectivity index (χ4v) is 4.86. The number of aliphatic carboxylic acids is 1. The van der Waals surface area contributed by atoms with Crippen LogP contribution in [0.15, 0.2) is 76.8 Å². The van der Waals surface area contributed by atoms with Gasteiger partial charge in [0.25, 0.3) is 0 Å². The van der Waals surface area contributed by atoms with E-state index in [-0.39, 0.29) is 17.4 Å². The minimum atomic E-state index is -0.707. The van der Waals surface area contributed by atoms with Gasteiger partial charge in [0.2, 0.25) is 5.56 Å². The Labute approximate surface area is 205 Å². The molecule has 1 saturated heterocycles. The van der Waals surface area contributed by atoms with Crippen molar-refractivity contribution in [3.63, 3.8) is 0 Å². The summed E-state index contributed by atoms with van der Waals surface area (Å²) in [5.74, 6) is -1.02. The molecule has 0 bridgehead atoms. The van der Waals surface area contributed by atoms with Crippen LogP contribution in [0.1, 0.15) is 47.4 Å². The molecular weight excluding hydrogens is 442 g/mol. The number of pyridine rings is 1. The lowest BCUT2D eigenvalue weighted by molar-refractivity contribution is -0.142. The summed E-state index contributed by atoms with van der Waals surface area (Å²) in [6.07, 6.45) is 3.46. The molecule has 7 heteroatoms. The van der Waals surface area contributed by atoms with Gasteiger partial charge >= 0.3 is 5.97 Å². The number of carboxylic acids is 1. The molecule has 0 spiro atoms. The van der Waals surface area contributed by atoms with E-state index in [4.69, 9.17) is 0 Å². The van der Waals surface area contributed by atoms with E-state index in [0.717, 1.165) is 35.5 Å². The monoisotopic (exact) mass is 473 g/mol. The van der Waals surface area contributed by atoms with E-state index in [1.165, 1.54) is 10.6 Å². The number of carboxylic acid groups (broad SMARTS) is 1. The van der Waals surface area contributed by atoms with Crippen LogP contribution in [0.25, 0.3) is 0 Å². The Hall–Kier alpha value is -3.87. The minimum Gasteiger partial charge on any atom is -0.481 e. The van der Waals surface area contributed by atoms with E-state index in [9.17, 15) is 19.9 Å². The summed E-state index contributed by atoms with van der Waals surface area (Å²) in [5.41, 5.74) is 5.55. The molecule has 0 unspecified atom stereocenters. The summed E-state index contributed by atoms with van der Waals surface area (Å²) in [6, 6.07) is 19.7. The van der Waals surface area contributed by atoms with Crippen LogP contribution in [0.3, 0.4) is 0 Å². The molecule has 1 aliphatic heterocycles. The normalized spacial score (nSPS) is 15.7. The minimum absolute atomic E-state index is 0.0499. The first kappa shape index (κ1) is 24.3. The van der Waals surface area contributed by atoms with Crippen LogP contribution in [0.2, 0.25) is 0 Å². The van der Waals surface area contributed by atoms with Crippen molar-refractivity contribution >= 4 is 17.4 Å². The summed E-state index contributed by atoms with van der Waals surface area (Å²) >= 11 is 0. The smallest absolute Gasteiger partial charge is 0.306 e. The van der Waals surface area contributed by atoms with Crippen LogP contribution in [-0.2, 0) is 11.8 Å². The highest BCUT2D eigenvalue weighted by Gasteiger charge is 2.25. The molecule has 0 saturated carbocycles. The molecule has 2 heterocycles. The van der Waals surface area contributed by atoms with Crippen molar-refractivity contribution < 1.29 is 15.1 Å². The Morgan fingerprint density at radius 2 is 1.74 bits per heavy atom. The van der Waals surface area contributed by atoms with Crippen molar-refractivity contribution in [1.82, 2.24) is 4.57 Å². The van der Waals surface area contributed by atoms with Gasteiger partial charge in [0.15, 0.2) is 0 Å². The van der Waals surface area contributed by atoms with Crippen molar-refractivity contribution in [3.8, 4) is 0 Å². The number of carbonyl (C=O) groups is 1. The van der Waals surface area contributed by atoms with Crippen LogP contribution >= 0.6 is 0 Å². The average molecular weight is 474 g/mol. The van der Waals surface area contributed by atoms with Gasteiger partial charge in [0.05, 0.1) is 11.6 Å². The van der Waals surface area contributed by atoms with Gasteiger partial charge < -0.3 is 19.8 Å². The first-order valence-corrected chi connectivity index (χ1v) is 11.9. The van der Waals surface area contributed by atoms with Gasteiger partial charge in [0, 0.05) is 56.0 Å². The van der Waals surface area contributed by atoms with Crippen LogP contribution < -0.4 is 10.5 Å². The first-order chi connectivity index (χ1) is 16.9. The molecule has 3 aromatic rings. The number of hydrogen-bond acceptors (Lipinski definition) is 5. The molecular formula is C28H31N3O4. The van der Waals surface area contributed by atoms with Gasteiger partial charge in [-0.1, -0.05) is 41.6 Å². The quantitative estimate of drug-likeness (QED) is 0.301. The summed E-state index contributed by atoms with van der Waals surface area (Å²) in [7, 11) is 1.68. The second-order valence-corrected chi connectivity index (χ2v) is 9.22. The summed E-state index contributed by atoms with van der Waals surface area (Å²) < 4.78 is 1.48. The van der Waals surface area contributed by atoms with E-state index in [0.29, 0.717) is 30.5 Å². The molecule has 1 aliphatic rings. The summed E-state index contributed by atoms with van der Waals surface area (Å²) in [6.45, 7) is 3.53. The number of nitrogens with zero attached hydrogens (tertiary/aromatic N) is 3. The highest BCUT2D eigenvalue weighted by atomic mass is 16.4. The van der Waals surface area contributed by atoms with E-state index in [1.807, 2.05) is 12.1 Å². The van der Waals surface area contributed by atoms with Crippen LogP contribution in [0, 0.1) is 12.8 Å². The highest BCUT2D eigenvalue weighted by molar-refractivity contribution is 6.00. The van der Waals surface area contributed by atoms with E-state index < -0.39 is 5.97 Å².